The summed E-state index contributed by atoms with van der Waals surface area (Å²) in [5, 5.41) is 8.40. The fourth-order valence-electron chi connectivity index (χ4n) is 3.47. The molecule has 0 aliphatic carbocycles. The fourth-order valence-corrected chi connectivity index (χ4v) is 3.47. The van der Waals surface area contributed by atoms with Crippen LogP contribution in [-0.4, -0.2) is 62.1 Å². The number of anilines is 6. The van der Waals surface area contributed by atoms with Crippen molar-refractivity contribution in [1.29, 1.82) is 0 Å². The maximum absolute atomic E-state index is 14.2. The summed E-state index contributed by atoms with van der Waals surface area (Å²) in [6.07, 6.45) is -2.33. The molecule has 1 aromatic heterocycles. The number of alkyl halides is 3. The van der Waals surface area contributed by atoms with E-state index in [4.69, 9.17) is 4.74 Å². The minimum atomic E-state index is -4.63. The third-order valence-electron chi connectivity index (χ3n) is 5.54. The average molecular weight is 548 g/mol. The molecule has 3 N–H and O–H groups in total. The number of likely N-dealkylation sites (N-methyl/N-ethyl adjacent to an activating group) is 2. The number of hydrogen-bond donors (Lipinski definition) is 3. The molecular formula is C26H29F4N7O2. The molecule has 3 aromatic rings. The molecule has 0 unspecified atom stereocenters. The number of carbonyl (C=O) groups is 1. The van der Waals surface area contributed by atoms with Crippen LogP contribution in [0.1, 0.15) is 5.56 Å². The molecule has 3 rings (SSSR count). The van der Waals surface area contributed by atoms with Crippen LogP contribution in [0, 0.1) is 5.82 Å². The number of nitrogens with one attached hydrogen (secondary N) is 3. The van der Waals surface area contributed by atoms with E-state index in [2.05, 4.69) is 32.5 Å². The number of ether oxygens (including phenoxy) is 1. The third kappa shape index (κ3) is 7.80. The molecule has 39 heavy (non-hydrogen) atoms. The van der Waals surface area contributed by atoms with E-state index in [1.807, 2.05) is 30.9 Å². The van der Waals surface area contributed by atoms with E-state index in [0.29, 0.717) is 41.5 Å². The number of methoxy groups -OCH3 is 1. The first kappa shape index (κ1) is 29.2. The van der Waals surface area contributed by atoms with E-state index >= 15 is 0 Å². The summed E-state index contributed by atoms with van der Waals surface area (Å²) in [5.41, 5.74) is 0.193. The highest BCUT2D eigenvalue weighted by atomic mass is 19.4. The van der Waals surface area contributed by atoms with Gasteiger partial charge in [0.2, 0.25) is 5.91 Å². The summed E-state index contributed by atoms with van der Waals surface area (Å²) in [6.45, 7) is 4.92. The van der Waals surface area contributed by atoms with Gasteiger partial charge < -0.3 is 30.5 Å². The minimum Gasteiger partial charge on any atom is -0.494 e. The Morgan fingerprint density at radius 2 is 1.67 bits per heavy atom. The Morgan fingerprint density at radius 1 is 1.00 bits per heavy atom. The number of hydrogen-bond acceptors (Lipinski definition) is 8. The van der Waals surface area contributed by atoms with Crippen LogP contribution in [0.3, 0.4) is 0 Å². The molecule has 0 aliphatic heterocycles. The maximum Gasteiger partial charge on any atom is 0.416 e. The highest BCUT2D eigenvalue weighted by Crippen LogP contribution is 2.38. The van der Waals surface area contributed by atoms with Gasteiger partial charge in [0, 0.05) is 32.3 Å². The number of carbonyl (C=O) groups excluding carboxylic acids is 1. The summed E-state index contributed by atoms with van der Waals surface area (Å²) in [5.74, 6) is -0.590. The number of benzene rings is 2. The van der Waals surface area contributed by atoms with E-state index in [-0.39, 0.29) is 11.6 Å². The SMILES string of the molecule is C=CC(=O)Nc1cc(Nc2cc(Nc3cc(C(F)(F)F)ccc3F)ncn2)c(OC)cc1N(C)CCN(C)C. The zero-order chi connectivity index (χ0) is 28.7. The molecule has 13 heteroatoms. The Balaban J connectivity index is 1.93. The van der Waals surface area contributed by atoms with E-state index in [0.717, 1.165) is 25.0 Å². The first-order valence-corrected chi connectivity index (χ1v) is 11.7. The van der Waals surface area contributed by atoms with Gasteiger partial charge in [0.1, 0.15) is 29.5 Å². The van der Waals surface area contributed by atoms with E-state index in [1.54, 1.807) is 12.1 Å². The summed E-state index contributed by atoms with van der Waals surface area (Å²) in [4.78, 5) is 24.2. The second-order valence-electron chi connectivity index (χ2n) is 8.72. The number of amides is 1. The van der Waals surface area contributed by atoms with E-state index in [9.17, 15) is 22.4 Å². The first-order valence-electron chi connectivity index (χ1n) is 11.7. The number of nitrogens with zero attached hydrogens (tertiary/aromatic N) is 4. The predicted octanol–water partition coefficient (Wildman–Crippen LogP) is 5.25. The van der Waals surface area contributed by atoms with Crippen LogP contribution in [0.25, 0.3) is 0 Å². The van der Waals surface area contributed by atoms with Gasteiger partial charge in [-0.15, -0.1) is 0 Å². The predicted molar refractivity (Wildman–Crippen MR) is 144 cm³/mol. The van der Waals surface area contributed by atoms with Crippen molar-refractivity contribution in [1.82, 2.24) is 14.9 Å². The molecule has 208 valence electrons. The molecule has 0 spiro atoms. The van der Waals surface area contributed by atoms with Crippen LogP contribution in [0.4, 0.5) is 51.9 Å². The van der Waals surface area contributed by atoms with Gasteiger partial charge in [-0.1, -0.05) is 6.58 Å². The number of halogens is 4. The number of rotatable bonds is 11. The van der Waals surface area contributed by atoms with Crippen LogP contribution in [0.15, 0.2) is 55.4 Å². The Labute approximate surface area is 223 Å². The summed E-state index contributed by atoms with van der Waals surface area (Å²) in [6, 6.07) is 6.83. The molecule has 0 fully saturated rings. The van der Waals surface area contributed by atoms with Gasteiger partial charge in [-0.25, -0.2) is 14.4 Å². The Morgan fingerprint density at radius 3 is 2.26 bits per heavy atom. The average Bonchev–Trinajstić information content (AvgIpc) is 2.88. The second kappa shape index (κ2) is 12.4. The molecule has 0 bridgehead atoms. The van der Waals surface area contributed by atoms with Crippen molar-refractivity contribution < 1.29 is 27.1 Å². The van der Waals surface area contributed by atoms with Crippen LogP contribution >= 0.6 is 0 Å². The van der Waals surface area contributed by atoms with Crippen molar-refractivity contribution in [3.8, 4) is 5.75 Å². The quantitative estimate of drug-likeness (QED) is 0.221. The third-order valence-corrected chi connectivity index (χ3v) is 5.54. The molecule has 2 aromatic carbocycles. The van der Waals surface area contributed by atoms with Crippen molar-refractivity contribution in [2.75, 3.05) is 62.2 Å². The highest BCUT2D eigenvalue weighted by molar-refractivity contribution is 6.02. The van der Waals surface area contributed by atoms with Crippen LogP contribution < -0.4 is 25.6 Å². The van der Waals surface area contributed by atoms with Gasteiger partial charge in [0.05, 0.1) is 35.4 Å². The van der Waals surface area contributed by atoms with Crippen LogP contribution in [0.5, 0.6) is 5.75 Å². The molecule has 0 aliphatic rings. The van der Waals surface area contributed by atoms with Crippen LogP contribution in [-0.2, 0) is 11.0 Å². The number of aromatic nitrogens is 2. The van der Waals surface area contributed by atoms with Gasteiger partial charge in [0.15, 0.2) is 0 Å². The van der Waals surface area contributed by atoms with E-state index < -0.39 is 29.2 Å². The minimum absolute atomic E-state index is 0.0462. The van der Waals surface area contributed by atoms with Crippen molar-refractivity contribution in [3.63, 3.8) is 0 Å². The molecule has 1 heterocycles. The zero-order valence-corrected chi connectivity index (χ0v) is 21.9. The smallest absolute Gasteiger partial charge is 0.416 e. The van der Waals surface area contributed by atoms with Gasteiger partial charge in [-0.05, 0) is 44.4 Å². The lowest BCUT2D eigenvalue weighted by Gasteiger charge is -2.26. The molecule has 0 radical (unpaired) electrons. The monoisotopic (exact) mass is 547 g/mol. The van der Waals surface area contributed by atoms with Crippen molar-refractivity contribution in [3.05, 3.63) is 66.8 Å². The maximum atomic E-state index is 14.2. The lowest BCUT2D eigenvalue weighted by molar-refractivity contribution is -0.137. The normalized spacial score (nSPS) is 11.2. The summed E-state index contributed by atoms with van der Waals surface area (Å²) in [7, 11) is 7.27. The van der Waals surface area contributed by atoms with Crippen LogP contribution in [0.2, 0.25) is 0 Å². The first-order chi connectivity index (χ1) is 18.4. The largest absolute Gasteiger partial charge is 0.494 e. The highest BCUT2D eigenvalue weighted by Gasteiger charge is 2.31. The van der Waals surface area contributed by atoms with Gasteiger partial charge in [-0.2, -0.15) is 13.2 Å². The molecule has 9 nitrogen and oxygen atoms in total. The topological polar surface area (TPSA) is 94.7 Å². The molecule has 1 amide bonds. The van der Waals surface area contributed by atoms with E-state index in [1.165, 1.54) is 13.2 Å². The Kier molecular flexibility index (Phi) is 9.30. The fraction of sp³-hybridized carbons (Fsp3) is 0.269. The molecule has 0 saturated carbocycles. The molecular weight excluding hydrogens is 518 g/mol. The van der Waals surface area contributed by atoms with Crippen molar-refractivity contribution >= 4 is 40.3 Å². The lowest BCUT2D eigenvalue weighted by atomic mass is 10.2. The summed E-state index contributed by atoms with van der Waals surface area (Å²) < 4.78 is 59.0. The van der Waals surface area contributed by atoms with Gasteiger partial charge in [0.25, 0.3) is 0 Å². The Bertz CT molecular complexity index is 1330. The van der Waals surface area contributed by atoms with Crippen molar-refractivity contribution in [2.24, 2.45) is 0 Å². The van der Waals surface area contributed by atoms with Gasteiger partial charge in [-0.3, -0.25) is 4.79 Å². The second-order valence-corrected chi connectivity index (χ2v) is 8.72. The van der Waals surface area contributed by atoms with Gasteiger partial charge >= 0.3 is 6.18 Å². The van der Waals surface area contributed by atoms with Crippen molar-refractivity contribution in [2.45, 2.75) is 6.18 Å². The molecule has 0 saturated heterocycles. The zero-order valence-electron chi connectivity index (χ0n) is 21.9. The lowest BCUT2D eigenvalue weighted by Crippen LogP contribution is -2.29. The summed E-state index contributed by atoms with van der Waals surface area (Å²) >= 11 is 0. The standard InChI is InChI=1S/C26H29F4N7O2/c1-6-25(38)35-19-12-20(22(39-5)13-21(19)37(4)10-9-36(2)3)34-24-14-23(31-15-32-24)33-18-11-16(26(28,29)30)7-8-17(18)27/h6-8,11-15H,1,9-10H2,2-5H3,(H,35,38)(H2,31,32,33,34). The molecule has 0 atom stereocenters. The Hall–Kier alpha value is -4.39.